The maximum Gasteiger partial charge on any atom is 0.0627 e. The number of hydrogen-bond donors (Lipinski definition) is 0. The molecule has 0 aliphatic rings. The van der Waals surface area contributed by atoms with Gasteiger partial charge in [-0.25, -0.2) is 0 Å². The van der Waals surface area contributed by atoms with E-state index in [4.69, 9.17) is 0 Å². The van der Waals surface area contributed by atoms with Crippen LogP contribution in [0.3, 0.4) is 0 Å². The van der Waals surface area contributed by atoms with Crippen molar-refractivity contribution in [1.82, 2.24) is 9.13 Å². The summed E-state index contributed by atoms with van der Waals surface area (Å²) < 4.78 is 4.97. The van der Waals surface area contributed by atoms with Gasteiger partial charge in [-0.2, -0.15) is 0 Å². The van der Waals surface area contributed by atoms with Gasteiger partial charge in [0.25, 0.3) is 0 Å². The highest BCUT2D eigenvalue weighted by atomic mass is 15.0. The average Bonchev–Trinajstić information content (AvgIpc) is 3.70. The molecule has 10 rings (SSSR count). The molecule has 0 saturated carbocycles. The van der Waals surface area contributed by atoms with E-state index >= 15 is 0 Å². The fourth-order valence-corrected chi connectivity index (χ4v) is 7.84. The molecule has 0 unspecified atom stereocenters. The Balaban J connectivity index is 1.38. The number of para-hydroxylation sites is 2. The minimum atomic E-state index is 1.16. The third-order valence-corrected chi connectivity index (χ3v) is 9.86. The van der Waals surface area contributed by atoms with Gasteiger partial charge in [0.15, 0.2) is 0 Å². The van der Waals surface area contributed by atoms with Crippen molar-refractivity contribution in [2.24, 2.45) is 0 Å². The Labute approximate surface area is 278 Å². The van der Waals surface area contributed by atoms with E-state index in [1.165, 1.54) is 76.6 Å². The lowest BCUT2D eigenvalue weighted by molar-refractivity contribution is 1.18. The van der Waals surface area contributed by atoms with Gasteiger partial charge >= 0.3 is 0 Å². The van der Waals surface area contributed by atoms with Crippen LogP contribution in [0, 0.1) is 0 Å². The summed E-state index contributed by atoms with van der Waals surface area (Å²) >= 11 is 0. The molecule has 0 saturated heterocycles. The van der Waals surface area contributed by atoms with Gasteiger partial charge in [-0.05, 0) is 58.7 Å². The fourth-order valence-electron chi connectivity index (χ4n) is 7.84. The number of benzene rings is 8. The number of aromatic nitrogens is 2. The molecular formula is C46H30N2. The van der Waals surface area contributed by atoms with E-state index in [1.54, 1.807) is 0 Å². The zero-order valence-corrected chi connectivity index (χ0v) is 26.2. The summed E-state index contributed by atoms with van der Waals surface area (Å²) in [4.78, 5) is 0. The Hall–Kier alpha value is -6.38. The summed E-state index contributed by atoms with van der Waals surface area (Å²) in [6, 6.07) is 66.1. The molecule has 224 valence electrons. The molecule has 0 fully saturated rings. The Morgan fingerprint density at radius 2 is 0.625 bits per heavy atom. The van der Waals surface area contributed by atoms with Gasteiger partial charge in [0, 0.05) is 43.7 Å². The summed E-state index contributed by atoms with van der Waals surface area (Å²) in [6.07, 6.45) is 0. The first-order chi connectivity index (χ1) is 23.8. The van der Waals surface area contributed by atoms with Crippen LogP contribution < -0.4 is 0 Å². The Morgan fingerprint density at radius 1 is 0.271 bits per heavy atom. The summed E-state index contributed by atoms with van der Waals surface area (Å²) in [5, 5.41) is 7.58. The molecule has 0 bridgehead atoms. The average molecular weight is 611 g/mol. The molecule has 0 aliphatic heterocycles. The minimum Gasteiger partial charge on any atom is -0.309 e. The Morgan fingerprint density at radius 3 is 1.06 bits per heavy atom. The van der Waals surface area contributed by atoms with E-state index in [-0.39, 0.29) is 0 Å². The van der Waals surface area contributed by atoms with Crippen LogP contribution >= 0.6 is 0 Å². The summed E-state index contributed by atoms with van der Waals surface area (Å²) in [5.74, 6) is 0. The van der Waals surface area contributed by atoms with Crippen LogP contribution in [0.15, 0.2) is 182 Å². The fraction of sp³-hybridized carbons (Fsp3) is 0. The first-order valence-electron chi connectivity index (χ1n) is 16.5. The predicted octanol–water partition coefficient (Wildman–Crippen LogP) is 12.4. The molecule has 0 spiro atoms. The topological polar surface area (TPSA) is 9.86 Å². The van der Waals surface area contributed by atoms with Gasteiger partial charge in [0.1, 0.15) is 0 Å². The van der Waals surface area contributed by atoms with Gasteiger partial charge < -0.3 is 9.13 Å². The highest BCUT2D eigenvalue weighted by Crippen LogP contribution is 2.47. The van der Waals surface area contributed by atoms with Crippen molar-refractivity contribution >= 4 is 54.4 Å². The second-order valence-electron chi connectivity index (χ2n) is 12.5. The molecule has 2 heterocycles. The summed E-state index contributed by atoms with van der Waals surface area (Å²) in [5.41, 5.74) is 12.1. The third kappa shape index (κ3) is 3.93. The predicted molar refractivity (Wildman–Crippen MR) is 203 cm³/mol. The molecule has 0 radical (unpaired) electrons. The highest BCUT2D eigenvalue weighted by Gasteiger charge is 2.24. The van der Waals surface area contributed by atoms with Crippen molar-refractivity contribution in [2.75, 3.05) is 0 Å². The lowest BCUT2D eigenvalue weighted by atomic mass is 9.99. The molecular weight excluding hydrogens is 581 g/mol. The number of hydrogen-bond acceptors (Lipinski definition) is 0. The maximum absolute atomic E-state index is 2.49. The zero-order chi connectivity index (χ0) is 31.6. The largest absolute Gasteiger partial charge is 0.309 e. The standard InChI is InChI=1S/C46H30N2/c1-3-15-31(16-4-1)33-19-13-21-35(29-33)47-41-27-11-9-25-39(41)43-44-40-26-10-12-28-42(40)48(46(44)38-24-8-7-23-37(38)45(43)47)36-22-14-20-34(30-36)32-17-5-2-6-18-32/h1-30H. The van der Waals surface area contributed by atoms with Crippen molar-refractivity contribution in [1.29, 1.82) is 0 Å². The highest BCUT2D eigenvalue weighted by molar-refractivity contribution is 6.37. The zero-order valence-electron chi connectivity index (χ0n) is 26.2. The van der Waals surface area contributed by atoms with E-state index in [1.807, 2.05) is 0 Å². The normalized spacial score (nSPS) is 11.8. The monoisotopic (exact) mass is 610 g/mol. The first kappa shape index (κ1) is 26.8. The van der Waals surface area contributed by atoms with E-state index in [9.17, 15) is 0 Å². The molecule has 2 aromatic heterocycles. The molecule has 0 N–H and O–H groups in total. The lowest BCUT2D eigenvalue weighted by Crippen LogP contribution is -1.97. The smallest absolute Gasteiger partial charge is 0.0627 e. The van der Waals surface area contributed by atoms with E-state index in [0.29, 0.717) is 0 Å². The van der Waals surface area contributed by atoms with Gasteiger partial charge in [-0.15, -0.1) is 0 Å². The summed E-state index contributed by atoms with van der Waals surface area (Å²) in [6.45, 7) is 0. The second-order valence-corrected chi connectivity index (χ2v) is 12.5. The van der Waals surface area contributed by atoms with Crippen molar-refractivity contribution in [3.05, 3.63) is 182 Å². The van der Waals surface area contributed by atoms with E-state index in [2.05, 4.69) is 191 Å². The minimum absolute atomic E-state index is 1.16. The molecule has 10 aromatic rings. The first-order valence-corrected chi connectivity index (χ1v) is 16.5. The van der Waals surface area contributed by atoms with E-state index in [0.717, 1.165) is 11.4 Å². The van der Waals surface area contributed by atoms with Crippen molar-refractivity contribution < 1.29 is 0 Å². The quantitative estimate of drug-likeness (QED) is 0.188. The van der Waals surface area contributed by atoms with Crippen LogP contribution in [0.1, 0.15) is 0 Å². The van der Waals surface area contributed by atoms with Crippen molar-refractivity contribution in [2.45, 2.75) is 0 Å². The molecule has 2 heteroatoms. The van der Waals surface area contributed by atoms with Crippen molar-refractivity contribution in [3.8, 4) is 33.6 Å². The molecule has 2 nitrogen and oxygen atoms in total. The molecule has 0 atom stereocenters. The number of fused-ring (bicyclic) bond motifs is 10. The van der Waals surface area contributed by atoms with Crippen LogP contribution in [-0.2, 0) is 0 Å². The van der Waals surface area contributed by atoms with Crippen LogP contribution in [0.4, 0.5) is 0 Å². The van der Waals surface area contributed by atoms with Crippen LogP contribution in [0.25, 0.3) is 88.0 Å². The van der Waals surface area contributed by atoms with Crippen LogP contribution in [0.2, 0.25) is 0 Å². The van der Waals surface area contributed by atoms with E-state index < -0.39 is 0 Å². The Kier molecular flexibility index (Phi) is 5.91. The maximum atomic E-state index is 2.49. The SMILES string of the molecule is c1ccc(-c2cccc(-n3c4ccccc4c4c5c6ccccc6n(-c6cccc(-c7ccccc7)c6)c5c5ccccc5c43)c2)cc1. The molecule has 0 amide bonds. The van der Waals surface area contributed by atoms with Gasteiger partial charge in [-0.3, -0.25) is 0 Å². The summed E-state index contributed by atoms with van der Waals surface area (Å²) in [7, 11) is 0. The number of nitrogens with zero attached hydrogens (tertiary/aromatic N) is 2. The van der Waals surface area contributed by atoms with Crippen LogP contribution in [-0.4, -0.2) is 9.13 Å². The Bertz CT molecular complexity index is 2620. The van der Waals surface area contributed by atoms with Crippen molar-refractivity contribution in [3.63, 3.8) is 0 Å². The molecule has 0 aliphatic carbocycles. The lowest BCUT2D eigenvalue weighted by Gasteiger charge is -2.14. The third-order valence-electron chi connectivity index (χ3n) is 9.86. The second kappa shape index (κ2) is 10.6. The van der Waals surface area contributed by atoms with Gasteiger partial charge in [0.05, 0.1) is 22.1 Å². The number of rotatable bonds is 4. The molecule has 48 heavy (non-hydrogen) atoms. The van der Waals surface area contributed by atoms with Crippen LogP contribution in [0.5, 0.6) is 0 Å². The van der Waals surface area contributed by atoms with Gasteiger partial charge in [-0.1, -0.05) is 146 Å². The molecule has 8 aromatic carbocycles. The van der Waals surface area contributed by atoms with Gasteiger partial charge in [0.2, 0.25) is 0 Å².